The SMILES string of the molecule is CC/C=C\C/C=C\C/C=C\C/C=C\CCCCCCCCC(=O)OCC(COC(=O)CCCC/C=C\C/C=C\C/C=C\CC)OC(=O)CCCCCCCCCCCCCCCC. The number of allylic oxidation sites excluding steroid dienone is 14. The van der Waals surface area contributed by atoms with Crippen LogP contribution in [0.3, 0.4) is 0 Å². The fourth-order valence-corrected chi connectivity index (χ4v) is 7.04. The van der Waals surface area contributed by atoms with Crippen LogP contribution in [0.4, 0.5) is 0 Å². The Labute approximate surface area is 388 Å². The summed E-state index contributed by atoms with van der Waals surface area (Å²) >= 11 is 0. The van der Waals surface area contributed by atoms with Crippen LogP contribution in [0.2, 0.25) is 0 Å². The molecule has 0 N–H and O–H groups in total. The van der Waals surface area contributed by atoms with E-state index >= 15 is 0 Å². The number of rotatable bonds is 46. The highest BCUT2D eigenvalue weighted by Gasteiger charge is 2.19. The van der Waals surface area contributed by atoms with Crippen LogP contribution in [0.15, 0.2) is 85.1 Å². The van der Waals surface area contributed by atoms with Crippen LogP contribution < -0.4 is 0 Å². The summed E-state index contributed by atoms with van der Waals surface area (Å²) in [5.41, 5.74) is 0. The van der Waals surface area contributed by atoms with Crippen molar-refractivity contribution in [3.8, 4) is 0 Å². The third-order valence-electron chi connectivity index (χ3n) is 10.9. The van der Waals surface area contributed by atoms with Crippen LogP contribution in [-0.2, 0) is 28.6 Å². The van der Waals surface area contributed by atoms with Crippen LogP contribution in [-0.4, -0.2) is 37.2 Å². The van der Waals surface area contributed by atoms with Gasteiger partial charge in [-0.2, -0.15) is 0 Å². The first-order chi connectivity index (χ1) is 31.0. The lowest BCUT2D eigenvalue weighted by atomic mass is 10.0. The fraction of sp³-hybridized carbons (Fsp3) is 0.702. The Morgan fingerprint density at radius 3 is 1.00 bits per heavy atom. The van der Waals surface area contributed by atoms with Gasteiger partial charge in [-0.3, -0.25) is 14.4 Å². The molecule has 1 atom stereocenters. The van der Waals surface area contributed by atoms with E-state index in [1.54, 1.807) is 0 Å². The Hall–Kier alpha value is -3.41. The Bertz CT molecular complexity index is 1240. The summed E-state index contributed by atoms with van der Waals surface area (Å²) < 4.78 is 16.8. The van der Waals surface area contributed by atoms with E-state index in [9.17, 15) is 14.4 Å². The van der Waals surface area contributed by atoms with Gasteiger partial charge in [0.05, 0.1) is 0 Å². The number of hydrogen-bond donors (Lipinski definition) is 0. The third-order valence-corrected chi connectivity index (χ3v) is 10.9. The molecule has 0 heterocycles. The van der Waals surface area contributed by atoms with E-state index in [0.29, 0.717) is 19.3 Å². The Kier molecular flexibility index (Phi) is 48.5. The fourth-order valence-electron chi connectivity index (χ4n) is 7.04. The molecule has 0 saturated heterocycles. The molecule has 1 unspecified atom stereocenters. The van der Waals surface area contributed by atoms with Crippen molar-refractivity contribution in [3.05, 3.63) is 85.1 Å². The Morgan fingerprint density at radius 1 is 0.333 bits per heavy atom. The second-order valence-electron chi connectivity index (χ2n) is 17.0. The van der Waals surface area contributed by atoms with Crippen LogP contribution in [0, 0.1) is 0 Å². The summed E-state index contributed by atoms with van der Waals surface area (Å²) in [6.45, 7) is 6.36. The number of esters is 3. The van der Waals surface area contributed by atoms with Gasteiger partial charge in [-0.05, 0) is 89.9 Å². The zero-order valence-corrected chi connectivity index (χ0v) is 41.1. The summed E-state index contributed by atoms with van der Waals surface area (Å²) in [6, 6.07) is 0. The topological polar surface area (TPSA) is 78.9 Å². The van der Waals surface area contributed by atoms with Gasteiger partial charge >= 0.3 is 17.9 Å². The summed E-state index contributed by atoms with van der Waals surface area (Å²) in [5, 5.41) is 0. The summed E-state index contributed by atoms with van der Waals surface area (Å²) in [7, 11) is 0. The zero-order valence-electron chi connectivity index (χ0n) is 41.1. The van der Waals surface area contributed by atoms with E-state index in [4.69, 9.17) is 14.2 Å². The molecule has 6 nitrogen and oxygen atoms in total. The van der Waals surface area contributed by atoms with Crippen molar-refractivity contribution in [2.24, 2.45) is 0 Å². The quantitative estimate of drug-likeness (QED) is 0.0262. The van der Waals surface area contributed by atoms with Crippen LogP contribution in [0.5, 0.6) is 0 Å². The Morgan fingerprint density at radius 2 is 0.619 bits per heavy atom. The number of carbonyl (C=O) groups is 3. The van der Waals surface area contributed by atoms with Crippen molar-refractivity contribution >= 4 is 17.9 Å². The highest BCUT2D eigenvalue weighted by Crippen LogP contribution is 2.15. The zero-order chi connectivity index (χ0) is 45.8. The van der Waals surface area contributed by atoms with E-state index in [-0.39, 0.29) is 31.1 Å². The first kappa shape index (κ1) is 59.6. The van der Waals surface area contributed by atoms with Crippen molar-refractivity contribution in [2.45, 2.75) is 245 Å². The van der Waals surface area contributed by atoms with E-state index < -0.39 is 6.10 Å². The maximum atomic E-state index is 12.8. The number of ether oxygens (including phenoxy) is 3. The second kappa shape index (κ2) is 51.2. The highest BCUT2D eigenvalue weighted by atomic mass is 16.6. The molecular formula is C57H96O6. The van der Waals surface area contributed by atoms with Gasteiger partial charge in [-0.1, -0.05) is 215 Å². The van der Waals surface area contributed by atoms with E-state index in [1.807, 2.05) is 0 Å². The third kappa shape index (κ3) is 49.5. The summed E-state index contributed by atoms with van der Waals surface area (Å²) in [6.07, 6.45) is 65.7. The predicted octanol–water partition coefficient (Wildman–Crippen LogP) is 17.2. The summed E-state index contributed by atoms with van der Waals surface area (Å²) in [4.78, 5) is 38.0. The van der Waals surface area contributed by atoms with Crippen molar-refractivity contribution in [3.63, 3.8) is 0 Å². The molecule has 0 spiro atoms. The van der Waals surface area contributed by atoms with Crippen LogP contribution in [0.25, 0.3) is 0 Å². The van der Waals surface area contributed by atoms with Crippen molar-refractivity contribution in [1.82, 2.24) is 0 Å². The van der Waals surface area contributed by atoms with Gasteiger partial charge in [0.25, 0.3) is 0 Å². The number of unbranched alkanes of at least 4 members (excludes halogenated alkanes) is 21. The molecular weight excluding hydrogens is 781 g/mol. The average molecular weight is 877 g/mol. The van der Waals surface area contributed by atoms with E-state index in [1.165, 1.54) is 83.5 Å². The number of hydrogen-bond acceptors (Lipinski definition) is 6. The Balaban J connectivity index is 4.42. The van der Waals surface area contributed by atoms with E-state index in [2.05, 4.69) is 106 Å². The average Bonchev–Trinajstić information content (AvgIpc) is 3.28. The minimum absolute atomic E-state index is 0.0952. The molecule has 0 rings (SSSR count). The molecule has 6 heteroatoms. The van der Waals surface area contributed by atoms with Gasteiger partial charge < -0.3 is 14.2 Å². The predicted molar refractivity (Wildman–Crippen MR) is 270 cm³/mol. The molecule has 0 aliphatic heterocycles. The van der Waals surface area contributed by atoms with E-state index in [0.717, 1.165) is 116 Å². The lowest BCUT2D eigenvalue weighted by molar-refractivity contribution is -0.167. The monoisotopic (exact) mass is 877 g/mol. The van der Waals surface area contributed by atoms with Gasteiger partial charge in [-0.15, -0.1) is 0 Å². The van der Waals surface area contributed by atoms with Crippen molar-refractivity contribution < 1.29 is 28.6 Å². The molecule has 0 aromatic carbocycles. The molecule has 0 aliphatic carbocycles. The smallest absolute Gasteiger partial charge is 0.306 e. The standard InChI is InChI=1S/C57H96O6/c1-4-7-10-13-16-19-22-25-27-28-29-30-31-33-35-38-41-44-47-50-56(59)62-53-54(52-61-55(58)49-46-43-40-37-34-24-21-18-15-12-9-6-3)63-57(60)51-48-45-42-39-36-32-26-23-20-17-14-11-8-5-2/h7,9-10,12,16,18-19,21,25,27,29-30,34,37,54H,4-6,8,11,13-15,17,20,22-24,26,28,31-33,35-36,38-53H2,1-3H3/b10-7-,12-9-,19-16-,21-18-,27-25-,30-29-,37-34-. The molecule has 63 heavy (non-hydrogen) atoms. The van der Waals surface area contributed by atoms with Crippen molar-refractivity contribution in [1.29, 1.82) is 0 Å². The minimum atomic E-state index is -0.796. The molecule has 0 saturated carbocycles. The first-order valence-electron chi connectivity index (χ1n) is 26.1. The number of carbonyl (C=O) groups excluding carboxylic acids is 3. The molecule has 0 radical (unpaired) electrons. The molecule has 360 valence electrons. The van der Waals surface area contributed by atoms with Gasteiger partial charge in [0.15, 0.2) is 6.10 Å². The molecule has 0 aromatic rings. The highest BCUT2D eigenvalue weighted by molar-refractivity contribution is 5.71. The lowest BCUT2D eigenvalue weighted by Gasteiger charge is -2.18. The first-order valence-corrected chi connectivity index (χ1v) is 26.1. The van der Waals surface area contributed by atoms with Gasteiger partial charge in [-0.25, -0.2) is 0 Å². The second-order valence-corrected chi connectivity index (χ2v) is 17.0. The molecule has 0 fully saturated rings. The minimum Gasteiger partial charge on any atom is -0.462 e. The van der Waals surface area contributed by atoms with Crippen LogP contribution >= 0.6 is 0 Å². The van der Waals surface area contributed by atoms with Crippen molar-refractivity contribution in [2.75, 3.05) is 13.2 Å². The maximum Gasteiger partial charge on any atom is 0.306 e. The molecule has 0 aromatic heterocycles. The lowest BCUT2D eigenvalue weighted by Crippen LogP contribution is -2.30. The van der Waals surface area contributed by atoms with Gasteiger partial charge in [0.2, 0.25) is 0 Å². The van der Waals surface area contributed by atoms with Gasteiger partial charge in [0.1, 0.15) is 13.2 Å². The maximum absolute atomic E-state index is 12.8. The molecule has 0 amide bonds. The van der Waals surface area contributed by atoms with Crippen LogP contribution in [0.1, 0.15) is 239 Å². The molecule has 0 aliphatic rings. The van der Waals surface area contributed by atoms with Gasteiger partial charge in [0, 0.05) is 19.3 Å². The largest absolute Gasteiger partial charge is 0.462 e. The normalized spacial score (nSPS) is 12.7. The molecule has 0 bridgehead atoms. The summed E-state index contributed by atoms with van der Waals surface area (Å²) in [5.74, 6) is -0.947.